The van der Waals surface area contributed by atoms with Crippen molar-refractivity contribution in [2.75, 3.05) is 0 Å². The van der Waals surface area contributed by atoms with Crippen molar-refractivity contribution in [1.29, 1.82) is 0 Å². The van der Waals surface area contributed by atoms with E-state index in [2.05, 4.69) is 0 Å². The lowest BCUT2D eigenvalue weighted by molar-refractivity contribution is -0.131. The minimum atomic E-state index is -1.19. The van der Waals surface area contributed by atoms with Gasteiger partial charge in [-0.1, -0.05) is 29.3 Å². The molecule has 3 nitrogen and oxygen atoms in total. The van der Waals surface area contributed by atoms with Crippen LogP contribution in [0.1, 0.15) is 5.56 Å². The van der Waals surface area contributed by atoms with Crippen LogP contribution in [0, 0.1) is 5.82 Å². The predicted octanol–water partition coefficient (Wildman–Crippen LogP) is 5.02. The molecule has 21 heavy (non-hydrogen) atoms. The summed E-state index contributed by atoms with van der Waals surface area (Å²) in [5.74, 6) is -1.30. The quantitative estimate of drug-likeness (QED) is 0.802. The van der Waals surface area contributed by atoms with E-state index in [0.29, 0.717) is 15.8 Å². The van der Waals surface area contributed by atoms with Gasteiger partial charge in [-0.15, -0.1) is 0 Å². The fourth-order valence-electron chi connectivity index (χ4n) is 1.64. The normalized spacial score (nSPS) is 10.8. The number of hydrogen-bond donors (Lipinski definition) is 1. The average Bonchev–Trinajstić information content (AvgIpc) is 2.36. The lowest BCUT2D eigenvalue weighted by Gasteiger charge is -2.10. The zero-order valence-corrected chi connectivity index (χ0v) is 12.0. The first-order valence-corrected chi connectivity index (χ1v) is 6.55. The summed E-state index contributed by atoms with van der Waals surface area (Å²) < 4.78 is 19.3. The summed E-state index contributed by atoms with van der Waals surface area (Å²) in [7, 11) is 0. The van der Waals surface area contributed by atoms with E-state index in [4.69, 9.17) is 33.0 Å². The fourth-order valence-corrected chi connectivity index (χ4v) is 2.14. The van der Waals surface area contributed by atoms with E-state index in [0.717, 1.165) is 12.2 Å². The van der Waals surface area contributed by atoms with E-state index >= 15 is 0 Å². The lowest BCUT2D eigenvalue weighted by Crippen LogP contribution is -1.93. The minimum Gasteiger partial charge on any atom is -0.478 e. The van der Waals surface area contributed by atoms with Gasteiger partial charge >= 0.3 is 5.97 Å². The molecule has 0 aliphatic carbocycles. The van der Waals surface area contributed by atoms with E-state index in [9.17, 15) is 9.18 Å². The first-order valence-electron chi connectivity index (χ1n) is 5.79. The first kappa shape index (κ1) is 15.4. The maximum absolute atomic E-state index is 13.8. The van der Waals surface area contributed by atoms with Crippen molar-refractivity contribution in [3.63, 3.8) is 0 Å². The van der Waals surface area contributed by atoms with Gasteiger partial charge in [0, 0.05) is 16.1 Å². The van der Waals surface area contributed by atoms with E-state index in [1.165, 1.54) is 36.4 Å². The number of hydrogen-bond acceptors (Lipinski definition) is 2. The second-order valence-electron chi connectivity index (χ2n) is 4.03. The molecule has 0 aromatic heterocycles. The summed E-state index contributed by atoms with van der Waals surface area (Å²) in [6.07, 6.45) is 1.95. The maximum Gasteiger partial charge on any atom is 0.328 e. The molecule has 0 bridgehead atoms. The summed E-state index contributed by atoms with van der Waals surface area (Å²) in [4.78, 5) is 10.6. The molecule has 0 spiro atoms. The molecule has 0 aliphatic rings. The van der Waals surface area contributed by atoms with E-state index < -0.39 is 11.8 Å². The Morgan fingerprint density at radius 2 is 1.86 bits per heavy atom. The number of carboxylic acid groups (broad SMARTS) is 1. The molecule has 108 valence electrons. The molecule has 0 amide bonds. The second kappa shape index (κ2) is 6.61. The molecular weight excluding hydrogens is 318 g/mol. The van der Waals surface area contributed by atoms with Gasteiger partial charge < -0.3 is 9.84 Å². The Kier molecular flexibility index (Phi) is 4.83. The van der Waals surface area contributed by atoms with Crippen LogP contribution >= 0.6 is 23.2 Å². The van der Waals surface area contributed by atoms with Crippen LogP contribution in [-0.4, -0.2) is 11.1 Å². The number of carbonyl (C=O) groups is 1. The summed E-state index contributed by atoms with van der Waals surface area (Å²) in [6, 6.07) is 8.74. The predicted molar refractivity (Wildman–Crippen MR) is 79.6 cm³/mol. The summed E-state index contributed by atoms with van der Waals surface area (Å²) >= 11 is 11.7. The molecule has 2 aromatic rings. The van der Waals surface area contributed by atoms with E-state index in [1.807, 2.05) is 0 Å². The second-order valence-corrected chi connectivity index (χ2v) is 4.90. The molecular formula is C15H9Cl2FO3. The van der Waals surface area contributed by atoms with Crippen LogP contribution in [0.2, 0.25) is 10.0 Å². The van der Waals surface area contributed by atoms with Crippen LogP contribution in [0.15, 0.2) is 42.5 Å². The number of ether oxygens (including phenoxy) is 1. The van der Waals surface area contributed by atoms with Crippen molar-refractivity contribution in [1.82, 2.24) is 0 Å². The molecule has 0 atom stereocenters. The Morgan fingerprint density at radius 3 is 2.48 bits per heavy atom. The summed E-state index contributed by atoms with van der Waals surface area (Å²) in [5.41, 5.74) is 0.0241. The Balaban J connectivity index is 2.39. The zero-order chi connectivity index (χ0) is 15.4. The van der Waals surface area contributed by atoms with Crippen LogP contribution in [0.25, 0.3) is 6.08 Å². The standard InChI is InChI=1S/C15H9Cl2FO3/c16-9-6-10(17)8-11(7-9)21-14-3-1-2-13(18)12(14)4-5-15(19)20/h1-8H,(H,19,20)/b5-4+. The molecule has 0 aliphatic heterocycles. The van der Waals surface area contributed by atoms with Gasteiger partial charge in [0.2, 0.25) is 0 Å². The minimum absolute atomic E-state index is 0.0241. The smallest absolute Gasteiger partial charge is 0.328 e. The third-order valence-electron chi connectivity index (χ3n) is 2.47. The molecule has 0 saturated carbocycles. The Labute approximate surface area is 130 Å². The van der Waals surface area contributed by atoms with Gasteiger partial charge in [-0.3, -0.25) is 0 Å². The van der Waals surface area contributed by atoms with Crippen molar-refractivity contribution in [2.45, 2.75) is 0 Å². The fraction of sp³-hybridized carbons (Fsp3) is 0. The van der Waals surface area contributed by atoms with Gasteiger partial charge in [0.15, 0.2) is 0 Å². The molecule has 0 saturated heterocycles. The van der Waals surface area contributed by atoms with Gasteiger partial charge in [0.1, 0.15) is 17.3 Å². The Bertz CT molecular complexity index is 694. The van der Waals surface area contributed by atoms with Crippen LogP contribution < -0.4 is 4.74 Å². The topological polar surface area (TPSA) is 46.5 Å². The highest BCUT2D eigenvalue weighted by molar-refractivity contribution is 6.34. The van der Waals surface area contributed by atoms with Crippen LogP contribution in [0.5, 0.6) is 11.5 Å². The number of rotatable bonds is 4. The van der Waals surface area contributed by atoms with Crippen molar-refractivity contribution in [2.24, 2.45) is 0 Å². The van der Waals surface area contributed by atoms with Gasteiger partial charge in [-0.2, -0.15) is 0 Å². The highest BCUT2D eigenvalue weighted by atomic mass is 35.5. The summed E-state index contributed by atoms with van der Waals surface area (Å²) in [6.45, 7) is 0. The van der Waals surface area contributed by atoms with Crippen molar-refractivity contribution < 1.29 is 19.0 Å². The number of halogens is 3. The van der Waals surface area contributed by atoms with Crippen molar-refractivity contribution in [3.8, 4) is 11.5 Å². The molecule has 0 fully saturated rings. The molecule has 2 aromatic carbocycles. The highest BCUT2D eigenvalue weighted by Gasteiger charge is 2.09. The van der Waals surface area contributed by atoms with Gasteiger partial charge in [-0.05, 0) is 36.4 Å². The summed E-state index contributed by atoms with van der Waals surface area (Å²) in [5, 5.41) is 9.38. The molecule has 0 radical (unpaired) electrons. The largest absolute Gasteiger partial charge is 0.478 e. The molecule has 2 rings (SSSR count). The first-order chi connectivity index (χ1) is 9.95. The van der Waals surface area contributed by atoms with Gasteiger partial charge in [0.05, 0.1) is 5.56 Å². The zero-order valence-electron chi connectivity index (χ0n) is 10.5. The number of benzene rings is 2. The van der Waals surface area contributed by atoms with Crippen LogP contribution in [-0.2, 0) is 4.79 Å². The van der Waals surface area contributed by atoms with Crippen LogP contribution in [0.3, 0.4) is 0 Å². The highest BCUT2D eigenvalue weighted by Crippen LogP contribution is 2.31. The molecule has 0 unspecified atom stereocenters. The average molecular weight is 327 g/mol. The third-order valence-corrected chi connectivity index (χ3v) is 2.91. The maximum atomic E-state index is 13.8. The van der Waals surface area contributed by atoms with E-state index in [1.54, 1.807) is 0 Å². The van der Waals surface area contributed by atoms with Gasteiger partial charge in [0.25, 0.3) is 0 Å². The third kappa shape index (κ3) is 4.21. The van der Waals surface area contributed by atoms with Gasteiger partial charge in [-0.25, -0.2) is 9.18 Å². The van der Waals surface area contributed by atoms with Crippen molar-refractivity contribution in [3.05, 3.63) is 63.9 Å². The van der Waals surface area contributed by atoms with E-state index in [-0.39, 0.29) is 11.3 Å². The Hall–Kier alpha value is -2.04. The monoisotopic (exact) mass is 326 g/mol. The SMILES string of the molecule is O=C(O)/C=C/c1c(F)cccc1Oc1cc(Cl)cc(Cl)c1. The number of aliphatic carboxylic acids is 1. The Morgan fingerprint density at radius 1 is 1.19 bits per heavy atom. The molecule has 0 heterocycles. The van der Waals surface area contributed by atoms with Crippen molar-refractivity contribution >= 4 is 35.2 Å². The molecule has 1 N–H and O–H groups in total. The van der Waals surface area contributed by atoms with Crippen LogP contribution in [0.4, 0.5) is 4.39 Å². The molecule has 6 heteroatoms. The lowest BCUT2D eigenvalue weighted by atomic mass is 10.1. The number of carboxylic acids is 1.